The molecule has 0 fully saturated rings. The zero-order valence-electron chi connectivity index (χ0n) is 11.3. The Kier molecular flexibility index (Phi) is 3.36. The van der Waals surface area contributed by atoms with Crippen molar-refractivity contribution < 1.29 is 0 Å². The molecule has 1 aliphatic heterocycles. The molecule has 0 saturated carbocycles. The summed E-state index contributed by atoms with van der Waals surface area (Å²) in [7, 11) is 0. The van der Waals surface area contributed by atoms with Crippen LogP contribution in [0.2, 0.25) is 0 Å². The topological polar surface area (TPSA) is 29.9 Å². The van der Waals surface area contributed by atoms with Crippen molar-refractivity contribution in [2.45, 2.75) is 26.3 Å². The van der Waals surface area contributed by atoms with Crippen molar-refractivity contribution in [1.82, 2.24) is 9.55 Å². The second kappa shape index (κ2) is 5.31. The smallest absolute Gasteiger partial charge is 0.0951 e. The van der Waals surface area contributed by atoms with E-state index in [9.17, 15) is 0 Å². The van der Waals surface area contributed by atoms with Crippen molar-refractivity contribution in [2.24, 2.45) is 0 Å². The molecular weight excluding hydrogens is 234 g/mol. The van der Waals surface area contributed by atoms with E-state index in [1.165, 1.54) is 22.5 Å². The SMILES string of the molecule is C/C=C/CCn1cncc1-c1cccc2c1NCC2. The van der Waals surface area contributed by atoms with Gasteiger partial charge < -0.3 is 9.88 Å². The van der Waals surface area contributed by atoms with Crippen molar-refractivity contribution in [3.63, 3.8) is 0 Å². The third kappa shape index (κ3) is 2.28. The molecule has 3 nitrogen and oxygen atoms in total. The van der Waals surface area contributed by atoms with E-state index < -0.39 is 0 Å². The molecule has 1 aromatic carbocycles. The molecule has 0 atom stereocenters. The number of benzene rings is 1. The second-order valence-electron chi connectivity index (χ2n) is 4.85. The summed E-state index contributed by atoms with van der Waals surface area (Å²) in [6, 6.07) is 6.53. The maximum absolute atomic E-state index is 4.31. The van der Waals surface area contributed by atoms with E-state index in [1.807, 2.05) is 12.5 Å². The zero-order chi connectivity index (χ0) is 13.1. The summed E-state index contributed by atoms with van der Waals surface area (Å²) < 4.78 is 2.23. The Morgan fingerprint density at radius 2 is 2.37 bits per heavy atom. The number of aromatic nitrogens is 2. The molecule has 0 spiro atoms. The van der Waals surface area contributed by atoms with Gasteiger partial charge in [0.25, 0.3) is 0 Å². The van der Waals surface area contributed by atoms with Gasteiger partial charge in [-0.05, 0) is 25.3 Å². The van der Waals surface area contributed by atoms with Crippen LogP contribution in [0.5, 0.6) is 0 Å². The Bertz CT molecular complexity index is 596. The van der Waals surface area contributed by atoms with Crippen LogP contribution in [0.3, 0.4) is 0 Å². The second-order valence-corrected chi connectivity index (χ2v) is 4.85. The third-order valence-corrected chi connectivity index (χ3v) is 3.61. The highest BCUT2D eigenvalue weighted by molar-refractivity contribution is 5.79. The van der Waals surface area contributed by atoms with Crippen LogP contribution in [-0.2, 0) is 13.0 Å². The monoisotopic (exact) mass is 253 g/mol. The van der Waals surface area contributed by atoms with Gasteiger partial charge in [-0.25, -0.2) is 4.98 Å². The van der Waals surface area contributed by atoms with Gasteiger partial charge in [0, 0.05) is 24.3 Å². The fourth-order valence-electron chi connectivity index (χ4n) is 2.66. The predicted octanol–water partition coefficient (Wildman–Crippen LogP) is 3.48. The van der Waals surface area contributed by atoms with E-state index in [-0.39, 0.29) is 0 Å². The fraction of sp³-hybridized carbons (Fsp3) is 0.312. The Labute approximate surface area is 114 Å². The van der Waals surface area contributed by atoms with E-state index in [4.69, 9.17) is 0 Å². The van der Waals surface area contributed by atoms with Gasteiger partial charge in [0.15, 0.2) is 0 Å². The normalized spacial score (nSPS) is 13.7. The molecule has 0 aliphatic carbocycles. The summed E-state index contributed by atoms with van der Waals surface area (Å²) >= 11 is 0. The van der Waals surface area contributed by atoms with Gasteiger partial charge in [-0.15, -0.1) is 0 Å². The Morgan fingerprint density at radius 3 is 3.26 bits per heavy atom. The van der Waals surface area contributed by atoms with Crippen LogP contribution in [0.15, 0.2) is 42.9 Å². The number of allylic oxidation sites excluding steroid dienone is 2. The van der Waals surface area contributed by atoms with E-state index in [0.29, 0.717) is 0 Å². The number of nitrogens with one attached hydrogen (secondary N) is 1. The number of rotatable bonds is 4. The average molecular weight is 253 g/mol. The molecule has 1 aromatic heterocycles. The molecule has 2 aromatic rings. The molecule has 0 unspecified atom stereocenters. The van der Waals surface area contributed by atoms with Crippen molar-refractivity contribution in [3.05, 3.63) is 48.4 Å². The van der Waals surface area contributed by atoms with Crippen LogP contribution in [-0.4, -0.2) is 16.1 Å². The molecular formula is C16H19N3. The van der Waals surface area contributed by atoms with Crippen LogP contribution >= 0.6 is 0 Å². The van der Waals surface area contributed by atoms with Gasteiger partial charge in [-0.2, -0.15) is 0 Å². The molecule has 0 saturated heterocycles. The summed E-state index contributed by atoms with van der Waals surface area (Å²) in [6.07, 6.45) is 10.3. The lowest BCUT2D eigenvalue weighted by Crippen LogP contribution is -2.00. The Morgan fingerprint density at radius 1 is 1.42 bits per heavy atom. The van der Waals surface area contributed by atoms with Crippen molar-refractivity contribution in [2.75, 3.05) is 11.9 Å². The van der Waals surface area contributed by atoms with Crippen LogP contribution in [0.1, 0.15) is 18.9 Å². The lowest BCUT2D eigenvalue weighted by atomic mass is 10.1. The largest absolute Gasteiger partial charge is 0.384 e. The van der Waals surface area contributed by atoms with Crippen LogP contribution in [0.25, 0.3) is 11.3 Å². The number of para-hydroxylation sites is 1. The number of fused-ring (bicyclic) bond motifs is 1. The van der Waals surface area contributed by atoms with Gasteiger partial charge in [-0.1, -0.05) is 30.4 Å². The van der Waals surface area contributed by atoms with Gasteiger partial charge in [0.2, 0.25) is 0 Å². The van der Waals surface area contributed by atoms with E-state index in [1.54, 1.807) is 0 Å². The quantitative estimate of drug-likeness (QED) is 0.845. The average Bonchev–Trinajstić information content (AvgIpc) is 3.07. The van der Waals surface area contributed by atoms with Crippen molar-refractivity contribution in [1.29, 1.82) is 0 Å². The highest BCUT2D eigenvalue weighted by atomic mass is 15.0. The first-order valence-electron chi connectivity index (χ1n) is 6.87. The third-order valence-electron chi connectivity index (χ3n) is 3.61. The van der Waals surface area contributed by atoms with Crippen LogP contribution in [0.4, 0.5) is 5.69 Å². The predicted molar refractivity (Wildman–Crippen MR) is 79.3 cm³/mol. The highest BCUT2D eigenvalue weighted by Gasteiger charge is 2.16. The minimum Gasteiger partial charge on any atom is -0.384 e. The number of anilines is 1. The van der Waals surface area contributed by atoms with E-state index in [2.05, 4.69) is 52.1 Å². The number of nitrogens with zero attached hydrogens (tertiary/aromatic N) is 2. The van der Waals surface area contributed by atoms with Gasteiger partial charge in [0.05, 0.1) is 18.2 Å². The standard InChI is InChI=1S/C16H19N3/c1-2-3-4-10-19-12-17-11-15(19)14-7-5-6-13-8-9-18-16(13)14/h2-3,5-7,11-12,18H,4,8-10H2,1H3/b3-2+. The van der Waals surface area contributed by atoms with Gasteiger partial charge >= 0.3 is 0 Å². The summed E-state index contributed by atoms with van der Waals surface area (Å²) in [6.45, 7) is 4.07. The molecule has 0 radical (unpaired) electrons. The van der Waals surface area contributed by atoms with Crippen LogP contribution < -0.4 is 5.32 Å². The molecule has 0 amide bonds. The molecule has 98 valence electrons. The first-order chi connectivity index (χ1) is 9.40. The molecule has 0 bridgehead atoms. The summed E-state index contributed by atoms with van der Waals surface area (Å²) in [5.74, 6) is 0. The lowest BCUT2D eigenvalue weighted by molar-refractivity contribution is 0.715. The maximum Gasteiger partial charge on any atom is 0.0951 e. The van der Waals surface area contributed by atoms with Gasteiger partial charge in [0.1, 0.15) is 0 Å². The number of imidazole rings is 1. The van der Waals surface area contributed by atoms with Crippen LogP contribution in [0, 0.1) is 0 Å². The summed E-state index contributed by atoms with van der Waals surface area (Å²) in [5, 5.41) is 3.50. The molecule has 3 heteroatoms. The minimum atomic E-state index is 0.976. The van der Waals surface area contributed by atoms with Crippen molar-refractivity contribution >= 4 is 5.69 Å². The lowest BCUT2D eigenvalue weighted by Gasteiger charge is -2.11. The molecule has 1 N–H and O–H groups in total. The van der Waals surface area contributed by atoms with E-state index >= 15 is 0 Å². The van der Waals surface area contributed by atoms with Crippen molar-refractivity contribution in [3.8, 4) is 11.3 Å². The Balaban J connectivity index is 1.95. The maximum atomic E-state index is 4.31. The molecule has 19 heavy (non-hydrogen) atoms. The first-order valence-corrected chi connectivity index (χ1v) is 6.87. The zero-order valence-corrected chi connectivity index (χ0v) is 11.3. The molecule has 1 aliphatic rings. The molecule has 3 rings (SSSR count). The van der Waals surface area contributed by atoms with E-state index in [0.717, 1.165) is 25.9 Å². The molecule has 2 heterocycles. The summed E-state index contributed by atoms with van der Waals surface area (Å²) in [4.78, 5) is 4.31. The number of hydrogen-bond donors (Lipinski definition) is 1. The first kappa shape index (κ1) is 12.0. The summed E-state index contributed by atoms with van der Waals surface area (Å²) in [5.41, 5.74) is 5.18. The number of aryl methyl sites for hydroxylation is 1. The van der Waals surface area contributed by atoms with Gasteiger partial charge in [-0.3, -0.25) is 0 Å². The fourth-order valence-corrected chi connectivity index (χ4v) is 2.66. The number of hydrogen-bond acceptors (Lipinski definition) is 2. The Hall–Kier alpha value is -2.03. The minimum absolute atomic E-state index is 0.976. The highest BCUT2D eigenvalue weighted by Crippen LogP contribution is 2.34.